The Kier molecular flexibility index (Phi) is 5.20. The first kappa shape index (κ1) is 14.2. The molecule has 1 aliphatic heterocycles. The van der Waals surface area contributed by atoms with Crippen LogP contribution >= 0.6 is 0 Å². The summed E-state index contributed by atoms with van der Waals surface area (Å²) in [7, 11) is -3.68. The fourth-order valence-corrected chi connectivity index (χ4v) is 2.92. The lowest BCUT2D eigenvalue weighted by atomic mass is 10.2. The average Bonchev–Trinajstić information content (AvgIpc) is 2.42. The molecule has 17 heavy (non-hydrogen) atoms. The summed E-state index contributed by atoms with van der Waals surface area (Å²) in [6.07, 6.45) is 3.80. The molecular weight excluding hydrogens is 242 g/mol. The van der Waals surface area contributed by atoms with Crippen molar-refractivity contribution in [2.45, 2.75) is 45.6 Å². The number of nitrogens with one attached hydrogen (secondary N) is 2. The van der Waals surface area contributed by atoms with Crippen molar-refractivity contribution >= 4 is 16.2 Å². The van der Waals surface area contributed by atoms with Gasteiger partial charge in [-0.2, -0.15) is 12.7 Å². The van der Waals surface area contributed by atoms with E-state index in [1.807, 2.05) is 4.72 Å². The van der Waals surface area contributed by atoms with Gasteiger partial charge in [-0.3, -0.25) is 0 Å². The van der Waals surface area contributed by atoms with Gasteiger partial charge < -0.3 is 5.32 Å². The highest BCUT2D eigenvalue weighted by molar-refractivity contribution is 7.87. The molecule has 2 amide bonds. The molecule has 0 radical (unpaired) electrons. The number of nitrogens with zero attached hydrogens (tertiary/aromatic N) is 1. The van der Waals surface area contributed by atoms with Crippen LogP contribution in [0.25, 0.3) is 0 Å². The Hall–Kier alpha value is -0.820. The predicted molar refractivity (Wildman–Crippen MR) is 65.8 cm³/mol. The molecule has 1 aliphatic rings. The van der Waals surface area contributed by atoms with Crippen molar-refractivity contribution in [1.82, 2.24) is 14.3 Å². The van der Waals surface area contributed by atoms with Crippen LogP contribution in [0.15, 0.2) is 0 Å². The van der Waals surface area contributed by atoms with Crippen LogP contribution in [-0.2, 0) is 10.2 Å². The van der Waals surface area contributed by atoms with E-state index in [0.717, 1.165) is 25.7 Å². The minimum absolute atomic E-state index is 0.0886. The minimum Gasteiger partial charge on any atom is -0.335 e. The lowest BCUT2D eigenvalue weighted by Gasteiger charge is -2.20. The maximum atomic E-state index is 11.9. The van der Waals surface area contributed by atoms with Crippen molar-refractivity contribution < 1.29 is 13.2 Å². The van der Waals surface area contributed by atoms with Gasteiger partial charge in [0.25, 0.3) is 0 Å². The van der Waals surface area contributed by atoms with E-state index in [1.165, 1.54) is 4.31 Å². The molecule has 2 N–H and O–H groups in total. The van der Waals surface area contributed by atoms with E-state index in [1.54, 1.807) is 13.8 Å². The molecule has 6 nitrogen and oxygen atoms in total. The van der Waals surface area contributed by atoms with Crippen LogP contribution in [0.3, 0.4) is 0 Å². The van der Waals surface area contributed by atoms with Crippen molar-refractivity contribution in [2.24, 2.45) is 0 Å². The predicted octanol–water partition coefficient (Wildman–Crippen LogP) is 0.815. The second-order valence-corrected chi connectivity index (χ2v) is 6.22. The van der Waals surface area contributed by atoms with Gasteiger partial charge in [-0.1, -0.05) is 12.8 Å². The highest BCUT2D eigenvalue weighted by Crippen LogP contribution is 2.12. The number of carbonyl (C=O) groups is 1. The lowest BCUT2D eigenvalue weighted by molar-refractivity contribution is 0.242. The molecule has 100 valence electrons. The van der Waals surface area contributed by atoms with Crippen molar-refractivity contribution in [3.05, 3.63) is 0 Å². The maximum Gasteiger partial charge on any atom is 0.329 e. The van der Waals surface area contributed by atoms with Gasteiger partial charge in [-0.15, -0.1) is 0 Å². The molecule has 7 heteroatoms. The summed E-state index contributed by atoms with van der Waals surface area (Å²) in [5.41, 5.74) is 0. The van der Waals surface area contributed by atoms with E-state index in [-0.39, 0.29) is 6.04 Å². The number of rotatable bonds is 3. The Morgan fingerprint density at radius 1 is 1.12 bits per heavy atom. The average molecular weight is 263 g/mol. The molecule has 0 bridgehead atoms. The SMILES string of the molecule is CC(C)NC(=O)NS(=O)(=O)N1CCCCCC1. The number of urea groups is 1. The smallest absolute Gasteiger partial charge is 0.329 e. The first-order valence-electron chi connectivity index (χ1n) is 6.00. The highest BCUT2D eigenvalue weighted by atomic mass is 32.2. The lowest BCUT2D eigenvalue weighted by Crippen LogP contribution is -2.49. The normalized spacial score (nSPS) is 18.8. The minimum atomic E-state index is -3.68. The zero-order valence-electron chi connectivity index (χ0n) is 10.4. The molecule has 0 aromatic rings. The Morgan fingerprint density at radius 2 is 1.65 bits per heavy atom. The zero-order chi connectivity index (χ0) is 12.9. The van der Waals surface area contributed by atoms with Crippen molar-refractivity contribution in [3.63, 3.8) is 0 Å². The Bertz CT molecular complexity index is 346. The van der Waals surface area contributed by atoms with E-state index in [2.05, 4.69) is 5.32 Å². The molecule has 0 aromatic heterocycles. The van der Waals surface area contributed by atoms with Gasteiger partial charge in [0.05, 0.1) is 0 Å². The van der Waals surface area contributed by atoms with Crippen molar-refractivity contribution in [3.8, 4) is 0 Å². The van der Waals surface area contributed by atoms with Gasteiger partial charge in [0.1, 0.15) is 0 Å². The molecular formula is C10H21N3O3S. The molecule has 0 unspecified atom stereocenters. The van der Waals surface area contributed by atoms with Gasteiger partial charge >= 0.3 is 16.2 Å². The van der Waals surface area contributed by atoms with Crippen molar-refractivity contribution in [1.29, 1.82) is 0 Å². The standard InChI is InChI=1S/C10H21N3O3S/c1-9(2)11-10(14)12-17(15,16)13-7-5-3-4-6-8-13/h9H,3-8H2,1-2H3,(H2,11,12,14). The zero-order valence-corrected chi connectivity index (χ0v) is 11.2. The largest absolute Gasteiger partial charge is 0.335 e. The summed E-state index contributed by atoms with van der Waals surface area (Å²) in [6.45, 7) is 4.53. The molecule has 1 rings (SSSR count). The number of hydrogen-bond acceptors (Lipinski definition) is 3. The Balaban J connectivity index is 2.57. The van der Waals surface area contributed by atoms with Gasteiger partial charge in [-0.05, 0) is 26.7 Å². The fourth-order valence-electron chi connectivity index (χ4n) is 1.76. The van der Waals surface area contributed by atoms with Gasteiger partial charge in [0.2, 0.25) is 0 Å². The number of carbonyl (C=O) groups excluding carboxylic acids is 1. The topological polar surface area (TPSA) is 78.5 Å². The van der Waals surface area contributed by atoms with E-state index in [0.29, 0.717) is 13.1 Å². The molecule has 0 saturated carbocycles. The molecule has 0 atom stereocenters. The van der Waals surface area contributed by atoms with E-state index < -0.39 is 16.2 Å². The van der Waals surface area contributed by atoms with Crippen LogP contribution in [0, 0.1) is 0 Å². The molecule has 1 heterocycles. The third-order valence-electron chi connectivity index (χ3n) is 2.55. The van der Waals surface area contributed by atoms with E-state index >= 15 is 0 Å². The second-order valence-electron chi connectivity index (χ2n) is 4.55. The molecule has 1 saturated heterocycles. The maximum absolute atomic E-state index is 11.9. The summed E-state index contributed by atoms with van der Waals surface area (Å²) in [5, 5.41) is 2.50. The number of amides is 2. The molecule has 1 fully saturated rings. The molecule has 0 spiro atoms. The Labute approximate surface area is 103 Å². The van der Waals surface area contributed by atoms with Crippen LogP contribution in [0.1, 0.15) is 39.5 Å². The first-order valence-corrected chi connectivity index (χ1v) is 7.44. The van der Waals surface area contributed by atoms with Crippen LogP contribution < -0.4 is 10.0 Å². The van der Waals surface area contributed by atoms with Gasteiger partial charge in [0.15, 0.2) is 0 Å². The van der Waals surface area contributed by atoms with Crippen LogP contribution in [0.2, 0.25) is 0 Å². The van der Waals surface area contributed by atoms with Crippen LogP contribution in [0.5, 0.6) is 0 Å². The summed E-state index contributed by atoms with van der Waals surface area (Å²) >= 11 is 0. The monoisotopic (exact) mass is 263 g/mol. The third-order valence-corrected chi connectivity index (χ3v) is 4.03. The highest BCUT2D eigenvalue weighted by Gasteiger charge is 2.24. The fraction of sp³-hybridized carbons (Fsp3) is 0.900. The van der Waals surface area contributed by atoms with Gasteiger partial charge in [0, 0.05) is 19.1 Å². The van der Waals surface area contributed by atoms with E-state index in [4.69, 9.17) is 0 Å². The van der Waals surface area contributed by atoms with Gasteiger partial charge in [-0.25, -0.2) is 9.52 Å². The summed E-state index contributed by atoms with van der Waals surface area (Å²) < 4.78 is 27.1. The summed E-state index contributed by atoms with van der Waals surface area (Å²) in [6, 6.07) is -0.751. The molecule has 0 aromatic carbocycles. The quantitative estimate of drug-likeness (QED) is 0.791. The molecule has 0 aliphatic carbocycles. The Morgan fingerprint density at radius 3 is 2.12 bits per heavy atom. The second kappa shape index (κ2) is 6.20. The summed E-state index contributed by atoms with van der Waals surface area (Å²) in [5.74, 6) is 0. The first-order chi connectivity index (χ1) is 7.92. The van der Waals surface area contributed by atoms with Crippen LogP contribution in [0.4, 0.5) is 4.79 Å². The number of hydrogen-bond donors (Lipinski definition) is 2. The van der Waals surface area contributed by atoms with E-state index in [9.17, 15) is 13.2 Å². The van der Waals surface area contributed by atoms with Crippen LogP contribution in [-0.4, -0.2) is 37.9 Å². The summed E-state index contributed by atoms with van der Waals surface area (Å²) in [4.78, 5) is 11.4. The third kappa shape index (κ3) is 4.91. The van der Waals surface area contributed by atoms with Crippen molar-refractivity contribution in [2.75, 3.05) is 13.1 Å².